The lowest BCUT2D eigenvalue weighted by atomic mass is 10.0. The SMILES string of the molecule is CCC[C@H]1CC(=O)[C@@H](C(C)C)O1. The number of carbonyl (C=O) groups excluding carboxylic acids is 1. The Labute approximate surface area is 74.3 Å². The average Bonchev–Trinajstić information content (AvgIpc) is 2.32. The van der Waals surface area contributed by atoms with Crippen LogP contribution in [0.4, 0.5) is 0 Å². The number of ether oxygens (including phenoxy) is 1. The van der Waals surface area contributed by atoms with Crippen LogP contribution in [0.3, 0.4) is 0 Å². The first-order chi connectivity index (χ1) is 5.65. The predicted molar refractivity (Wildman–Crippen MR) is 48.0 cm³/mol. The van der Waals surface area contributed by atoms with Crippen LogP contribution in [-0.4, -0.2) is 18.0 Å². The van der Waals surface area contributed by atoms with Gasteiger partial charge in [-0.1, -0.05) is 27.2 Å². The van der Waals surface area contributed by atoms with E-state index in [1.807, 2.05) is 13.8 Å². The zero-order valence-corrected chi connectivity index (χ0v) is 8.17. The molecule has 0 saturated carbocycles. The van der Waals surface area contributed by atoms with Gasteiger partial charge in [-0.25, -0.2) is 0 Å². The van der Waals surface area contributed by atoms with Crippen molar-refractivity contribution < 1.29 is 9.53 Å². The summed E-state index contributed by atoms with van der Waals surface area (Å²) in [4.78, 5) is 11.4. The van der Waals surface area contributed by atoms with Gasteiger partial charge in [-0.05, 0) is 12.3 Å². The zero-order chi connectivity index (χ0) is 9.14. The summed E-state index contributed by atoms with van der Waals surface area (Å²) in [5.74, 6) is 0.628. The second kappa shape index (κ2) is 4.04. The van der Waals surface area contributed by atoms with Crippen molar-refractivity contribution >= 4 is 5.78 Å². The van der Waals surface area contributed by atoms with Crippen molar-refractivity contribution in [2.75, 3.05) is 0 Å². The summed E-state index contributed by atoms with van der Waals surface area (Å²) in [5.41, 5.74) is 0. The van der Waals surface area contributed by atoms with Gasteiger partial charge in [-0.15, -0.1) is 0 Å². The Kier molecular flexibility index (Phi) is 3.27. The van der Waals surface area contributed by atoms with E-state index in [2.05, 4.69) is 6.92 Å². The molecule has 2 heteroatoms. The molecule has 1 aliphatic heterocycles. The number of rotatable bonds is 3. The van der Waals surface area contributed by atoms with Crippen LogP contribution < -0.4 is 0 Å². The van der Waals surface area contributed by atoms with Crippen LogP contribution in [0.15, 0.2) is 0 Å². The highest BCUT2D eigenvalue weighted by Gasteiger charge is 2.34. The minimum absolute atomic E-state index is 0.124. The molecule has 0 bridgehead atoms. The van der Waals surface area contributed by atoms with E-state index < -0.39 is 0 Å². The molecule has 1 rings (SSSR count). The number of carbonyl (C=O) groups is 1. The molecule has 0 aliphatic carbocycles. The molecular formula is C10H18O2. The van der Waals surface area contributed by atoms with E-state index in [1.165, 1.54) is 0 Å². The Balaban J connectivity index is 2.45. The van der Waals surface area contributed by atoms with Crippen molar-refractivity contribution in [2.45, 2.75) is 52.2 Å². The van der Waals surface area contributed by atoms with Crippen LogP contribution in [0.5, 0.6) is 0 Å². The monoisotopic (exact) mass is 170 g/mol. The molecule has 0 spiro atoms. The molecule has 1 heterocycles. The summed E-state index contributed by atoms with van der Waals surface area (Å²) in [7, 11) is 0. The number of hydrogen-bond acceptors (Lipinski definition) is 2. The summed E-state index contributed by atoms with van der Waals surface area (Å²) >= 11 is 0. The van der Waals surface area contributed by atoms with Crippen molar-refractivity contribution in [3.8, 4) is 0 Å². The maximum atomic E-state index is 11.4. The van der Waals surface area contributed by atoms with Gasteiger partial charge in [0, 0.05) is 6.42 Å². The lowest BCUT2D eigenvalue weighted by Crippen LogP contribution is -2.22. The Hall–Kier alpha value is -0.370. The molecular weight excluding hydrogens is 152 g/mol. The predicted octanol–water partition coefficient (Wildman–Crippen LogP) is 2.17. The van der Waals surface area contributed by atoms with Gasteiger partial charge < -0.3 is 4.74 Å². The minimum atomic E-state index is -0.124. The summed E-state index contributed by atoms with van der Waals surface area (Å²) in [6.07, 6.45) is 2.84. The third-order valence-corrected chi connectivity index (χ3v) is 2.30. The highest BCUT2D eigenvalue weighted by molar-refractivity contribution is 5.85. The Bertz CT molecular complexity index is 163. The molecule has 70 valence electrons. The first-order valence-electron chi connectivity index (χ1n) is 4.83. The van der Waals surface area contributed by atoms with E-state index in [9.17, 15) is 4.79 Å². The van der Waals surface area contributed by atoms with Gasteiger partial charge in [0.2, 0.25) is 0 Å². The summed E-state index contributed by atoms with van der Waals surface area (Å²) in [6, 6.07) is 0. The van der Waals surface area contributed by atoms with Gasteiger partial charge in [0.15, 0.2) is 5.78 Å². The summed E-state index contributed by atoms with van der Waals surface area (Å²) in [6.45, 7) is 6.20. The van der Waals surface area contributed by atoms with E-state index in [1.54, 1.807) is 0 Å². The fourth-order valence-corrected chi connectivity index (χ4v) is 1.69. The van der Waals surface area contributed by atoms with Gasteiger partial charge in [-0.2, -0.15) is 0 Å². The zero-order valence-electron chi connectivity index (χ0n) is 8.17. The average molecular weight is 170 g/mol. The lowest BCUT2D eigenvalue weighted by molar-refractivity contribution is -0.124. The summed E-state index contributed by atoms with van der Waals surface area (Å²) in [5, 5.41) is 0. The van der Waals surface area contributed by atoms with E-state index in [4.69, 9.17) is 4.74 Å². The van der Waals surface area contributed by atoms with Crippen LogP contribution in [0, 0.1) is 5.92 Å². The third kappa shape index (κ3) is 2.07. The molecule has 2 nitrogen and oxygen atoms in total. The fourth-order valence-electron chi connectivity index (χ4n) is 1.69. The molecule has 1 aliphatic rings. The molecule has 0 aromatic carbocycles. The highest BCUT2D eigenvalue weighted by atomic mass is 16.5. The Morgan fingerprint density at radius 2 is 2.25 bits per heavy atom. The van der Waals surface area contributed by atoms with E-state index in [-0.39, 0.29) is 12.2 Å². The number of Topliss-reactive ketones (excluding diaryl/α,β-unsaturated/α-hetero) is 1. The highest BCUT2D eigenvalue weighted by Crippen LogP contribution is 2.24. The second-order valence-corrected chi connectivity index (χ2v) is 3.88. The lowest BCUT2D eigenvalue weighted by Gasteiger charge is -2.14. The van der Waals surface area contributed by atoms with E-state index in [0.717, 1.165) is 12.8 Å². The van der Waals surface area contributed by atoms with Gasteiger partial charge in [0.05, 0.1) is 6.10 Å². The standard InChI is InChI=1S/C10H18O2/c1-4-5-8-6-9(11)10(12-8)7(2)3/h7-8,10H,4-6H2,1-3H3/t8-,10+/m0/s1. The molecule has 2 atom stereocenters. The molecule has 1 fully saturated rings. The topological polar surface area (TPSA) is 26.3 Å². The second-order valence-electron chi connectivity index (χ2n) is 3.88. The first kappa shape index (κ1) is 9.72. The van der Waals surface area contributed by atoms with Crippen LogP contribution in [0.25, 0.3) is 0 Å². The largest absolute Gasteiger partial charge is 0.366 e. The van der Waals surface area contributed by atoms with Gasteiger partial charge in [-0.3, -0.25) is 4.79 Å². The first-order valence-corrected chi connectivity index (χ1v) is 4.83. The molecule has 0 radical (unpaired) electrons. The fraction of sp³-hybridized carbons (Fsp3) is 0.900. The molecule has 0 unspecified atom stereocenters. The molecule has 0 aromatic rings. The third-order valence-electron chi connectivity index (χ3n) is 2.30. The van der Waals surface area contributed by atoms with Crippen LogP contribution in [-0.2, 0) is 9.53 Å². The maximum absolute atomic E-state index is 11.4. The number of ketones is 1. The molecule has 0 N–H and O–H groups in total. The quantitative estimate of drug-likeness (QED) is 0.649. The smallest absolute Gasteiger partial charge is 0.164 e. The molecule has 0 aromatic heterocycles. The van der Waals surface area contributed by atoms with Gasteiger partial charge in [0.1, 0.15) is 6.10 Å². The minimum Gasteiger partial charge on any atom is -0.366 e. The molecule has 12 heavy (non-hydrogen) atoms. The van der Waals surface area contributed by atoms with E-state index in [0.29, 0.717) is 18.1 Å². The molecule has 0 amide bonds. The van der Waals surface area contributed by atoms with Crippen LogP contribution >= 0.6 is 0 Å². The van der Waals surface area contributed by atoms with Crippen molar-refractivity contribution in [1.29, 1.82) is 0 Å². The molecule has 1 saturated heterocycles. The normalized spacial score (nSPS) is 30.2. The van der Waals surface area contributed by atoms with E-state index >= 15 is 0 Å². The summed E-state index contributed by atoms with van der Waals surface area (Å²) < 4.78 is 5.63. The van der Waals surface area contributed by atoms with Gasteiger partial charge in [0.25, 0.3) is 0 Å². The van der Waals surface area contributed by atoms with Crippen molar-refractivity contribution in [3.05, 3.63) is 0 Å². The Morgan fingerprint density at radius 3 is 2.67 bits per heavy atom. The Morgan fingerprint density at radius 1 is 1.58 bits per heavy atom. The van der Waals surface area contributed by atoms with Crippen molar-refractivity contribution in [3.63, 3.8) is 0 Å². The number of hydrogen-bond donors (Lipinski definition) is 0. The maximum Gasteiger partial charge on any atom is 0.164 e. The van der Waals surface area contributed by atoms with Crippen molar-refractivity contribution in [2.24, 2.45) is 5.92 Å². The van der Waals surface area contributed by atoms with Crippen molar-refractivity contribution in [1.82, 2.24) is 0 Å². The van der Waals surface area contributed by atoms with Gasteiger partial charge >= 0.3 is 0 Å². The van der Waals surface area contributed by atoms with Crippen LogP contribution in [0.2, 0.25) is 0 Å². The van der Waals surface area contributed by atoms with Crippen LogP contribution in [0.1, 0.15) is 40.0 Å².